The lowest BCUT2D eigenvalue weighted by atomic mass is 10.3. The molecule has 0 saturated heterocycles. The molecule has 0 radical (unpaired) electrons. The Morgan fingerprint density at radius 2 is 1.47 bits per heavy atom. The molecule has 19 heavy (non-hydrogen) atoms. The van der Waals surface area contributed by atoms with Crippen molar-refractivity contribution in [2.24, 2.45) is 0 Å². The fourth-order valence-corrected chi connectivity index (χ4v) is 4.11. The Hall–Kier alpha value is -0.693. The van der Waals surface area contributed by atoms with Crippen LogP contribution < -0.4 is 0 Å². The number of carbonyl (C=O) groups excluding carboxylic acids is 1. The zero-order chi connectivity index (χ0) is 14.7. The first-order valence-electron chi connectivity index (χ1n) is 6.81. The molecule has 0 aliphatic heterocycles. The Bertz CT molecular complexity index is 263. The third-order valence-electron chi connectivity index (χ3n) is 2.25. The maximum Gasteiger partial charge on any atom is 0.505 e. The summed E-state index contributed by atoms with van der Waals surface area (Å²) in [6.07, 6.45) is 0.782. The highest BCUT2D eigenvalue weighted by Gasteiger charge is 2.42. The van der Waals surface area contributed by atoms with Crippen molar-refractivity contribution in [2.45, 2.75) is 40.2 Å². The third kappa shape index (κ3) is 6.86. The molecule has 112 valence electrons. The molecule has 0 aromatic rings. The highest BCUT2D eigenvalue weighted by Crippen LogP contribution is 2.21. The van der Waals surface area contributed by atoms with E-state index in [-0.39, 0.29) is 6.04 Å². The van der Waals surface area contributed by atoms with Crippen LogP contribution in [0.1, 0.15) is 34.1 Å². The van der Waals surface area contributed by atoms with Crippen LogP contribution in [0, 0.1) is 0 Å². The van der Waals surface area contributed by atoms with E-state index in [2.05, 4.69) is 6.58 Å². The molecule has 0 N–H and O–H groups in total. The van der Waals surface area contributed by atoms with Gasteiger partial charge in [0.05, 0.1) is 6.61 Å². The van der Waals surface area contributed by atoms with Gasteiger partial charge in [-0.3, -0.25) is 0 Å². The van der Waals surface area contributed by atoms with Gasteiger partial charge in [-0.15, -0.1) is 0 Å². The molecule has 0 aliphatic rings. The van der Waals surface area contributed by atoms with Crippen LogP contribution in [-0.2, 0) is 22.8 Å². The predicted molar refractivity (Wildman–Crippen MR) is 75.8 cm³/mol. The van der Waals surface area contributed by atoms with Crippen LogP contribution in [-0.4, -0.2) is 41.2 Å². The molecule has 0 bridgehead atoms. The zero-order valence-corrected chi connectivity index (χ0v) is 13.5. The molecule has 0 saturated carbocycles. The van der Waals surface area contributed by atoms with Crippen LogP contribution in [0.4, 0.5) is 0 Å². The number of rotatable bonds is 11. The van der Waals surface area contributed by atoms with E-state index in [1.165, 1.54) is 0 Å². The van der Waals surface area contributed by atoms with Crippen LogP contribution in [0.25, 0.3) is 0 Å². The monoisotopic (exact) mass is 290 g/mol. The number of carbonyl (C=O) groups is 1. The molecule has 6 heteroatoms. The lowest BCUT2D eigenvalue weighted by Gasteiger charge is -2.28. The lowest BCUT2D eigenvalue weighted by Crippen LogP contribution is -2.46. The maximum absolute atomic E-state index is 11.7. The molecule has 0 atom stereocenters. The molecule has 0 spiro atoms. The second kappa shape index (κ2) is 10.1. The van der Waals surface area contributed by atoms with Gasteiger partial charge in [0.25, 0.3) is 0 Å². The number of hydrogen-bond donors (Lipinski definition) is 0. The smallest absolute Gasteiger partial charge is 0.462 e. The Labute approximate surface area is 117 Å². The van der Waals surface area contributed by atoms with Gasteiger partial charge in [0.1, 0.15) is 0 Å². The van der Waals surface area contributed by atoms with Crippen molar-refractivity contribution in [3.05, 3.63) is 12.2 Å². The molecule has 5 nitrogen and oxygen atoms in total. The standard InChI is InChI=1S/C13H26O5Si/c1-6-10-15-13(14)12(5)11-19(16-7-2,17-8-3)18-9-4/h5-11H2,1-4H3. The molecule has 0 aromatic heterocycles. The first-order chi connectivity index (χ1) is 9.05. The molecule has 0 unspecified atom stereocenters. The summed E-state index contributed by atoms with van der Waals surface area (Å²) in [5.41, 5.74) is 0.343. The molecule has 0 fully saturated rings. The molecule has 0 aliphatic carbocycles. The zero-order valence-electron chi connectivity index (χ0n) is 12.5. The highest BCUT2D eigenvalue weighted by molar-refractivity contribution is 6.62. The summed E-state index contributed by atoms with van der Waals surface area (Å²) in [6.45, 7) is 13.1. The summed E-state index contributed by atoms with van der Waals surface area (Å²) in [7, 11) is -2.86. The maximum atomic E-state index is 11.7. The molecule has 0 amide bonds. The van der Waals surface area contributed by atoms with Gasteiger partial charge in [-0.1, -0.05) is 13.5 Å². The Morgan fingerprint density at radius 1 is 1.00 bits per heavy atom. The quantitative estimate of drug-likeness (QED) is 0.332. The molecular formula is C13H26O5Si. The van der Waals surface area contributed by atoms with E-state index in [1.807, 2.05) is 27.7 Å². The van der Waals surface area contributed by atoms with Gasteiger partial charge in [0.2, 0.25) is 0 Å². The van der Waals surface area contributed by atoms with Gasteiger partial charge in [0, 0.05) is 31.4 Å². The first kappa shape index (κ1) is 18.3. The minimum Gasteiger partial charge on any atom is -0.462 e. The lowest BCUT2D eigenvalue weighted by molar-refractivity contribution is -0.139. The van der Waals surface area contributed by atoms with E-state index < -0.39 is 14.8 Å². The van der Waals surface area contributed by atoms with Crippen LogP contribution in [0.2, 0.25) is 6.04 Å². The van der Waals surface area contributed by atoms with Gasteiger partial charge in [-0.05, 0) is 27.2 Å². The average molecular weight is 290 g/mol. The van der Waals surface area contributed by atoms with Gasteiger partial charge in [0.15, 0.2) is 0 Å². The van der Waals surface area contributed by atoms with Crippen molar-refractivity contribution in [3.8, 4) is 0 Å². The fraction of sp³-hybridized carbons (Fsp3) is 0.769. The van der Waals surface area contributed by atoms with Gasteiger partial charge >= 0.3 is 14.8 Å². The fourth-order valence-electron chi connectivity index (χ4n) is 1.57. The minimum atomic E-state index is -2.86. The van der Waals surface area contributed by atoms with Gasteiger partial charge < -0.3 is 18.0 Å². The summed E-state index contributed by atoms with van der Waals surface area (Å²) in [5.74, 6) is -0.405. The Balaban J connectivity index is 4.68. The van der Waals surface area contributed by atoms with Crippen molar-refractivity contribution < 1.29 is 22.8 Å². The Kier molecular flexibility index (Phi) is 9.77. The van der Waals surface area contributed by atoms with Crippen LogP contribution in [0.15, 0.2) is 12.2 Å². The van der Waals surface area contributed by atoms with Gasteiger partial charge in [-0.2, -0.15) is 0 Å². The van der Waals surface area contributed by atoms with Crippen molar-refractivity contribution >= 4 is 14.8 Å². The van der Waals surface area contributed by atoms with Crippen molar-refractivity contribution in [1.29, 1.82) is 0 Å². The van der Waals surface area contributed by atoms with E-state index in [0.29, 0.717) is 32.0 Å². The highest BCUT2D eigenvalue weighted by atomic mass is 28.4. The summed E-state index contributed by atoms with van der Waals surface area (Å²) < 4.78 is 22.0. The number of ether oxygens (including phenoxy) is 1. The summed E-state index contributed by atoms with van der Waals surface area (Å²) in [5, 5.41) is 0. The third-order valence-corrected chi connectivity index (χ3v) is 5.29. The van der Waals surface area contributed by atoms with E-state index in [4.69, 9.17) is 18.0 Å². The second-order valence-electron chi connectivity index (χ2n) is 3.90. The van der Waals surface area contributed by atoms with Crippen LogP contribution in [0.3, 0.4) is 0 Å². The number of esters is 1. The minimum absolute atomic E-state index is 0.269. The van der Waals surface area contributed by atoms with Crippen molar-refractivity contribution in [3.63, 3.8) is 0 Å². The number of hydrogen-bond acceptors (Lipinski definition) is 5. The molecule has 0 aromatic carbocycles. The topological polar surface area (TPSA) is 54.0 Å². The van der Waals surface area contributed by atoms with Crippen molar-refractivity contribution in [1.82, 2.24) is 0 Å². The van der Waals surface area contributed by atoms with Crippen molar-refractivity contribution in [2.75, 3.05) is 26.4 Å². The average Bonchev–Trinajstić information content (AvgIpc) is 2.36. The SMILES string of the molecule is C=C(C[Si](OCC)(OCC)OCC)C(=O)OCCC. The van der Waals surface area contributed by atoms with Crippen LogP contribution >= 0.6 is 0 Å². The van der Waals surface area contributed by atoms with Crippen LogP contribution in [0.5, 0.6) is 0 Å². The summed E-state index contributed by atoms with van der Waals surface area (Å²) in [4.78, 5) is 11.7. The summed E-state index contributed by atoms with van der Waals surface area (Å²) >= 11 is 0. The predicted octanol–water partition coefficient (Wildman–Crippen LogP) is 2.54. The first-order valence-corrected chi connectivity index (χ1v) is 8.75. The van der Waals surface area contributed by atoms with E-state index >= 15 is 0 Å². The largest absolute Gasteiger partial charge is 0.505 e. The Morgan fingerprint density at radius 3 is 1.84 bits per heavy atom. The van der Waals surface area contributed by atoms with E-state index in [0.717, 1.165) is 6.42 Å². The van der Waals surface area contributed by atoms with E-state index in [9.17, 15) is 4.79 Å². The molecule has 0 heterocycles. The van der Waals surface area contributed by atoms with E-state index in [1.54, 1.807) is 0 Å². The van der Waals surface area contributed by atoms with Gasteiger partial charge in [-0.25, -0.2) is 4.79 Å². The second-order valence-corrected chi connectivity index (χ2v) is 6.48. The summed E-state index contributed by atoms with van der Waals surface area (Å²) in [6, 6.07) is 0.269. The normalized spacial score (nSPS) is 11.4. The molecule has 0 rings (SSSR count). The molecular weight excluding hydrogens is 264 g/mol.